The number of imide groups is 1. The third kappa shape index (κ3) is 2.39. The molecule has 72 valence electrons. The molecule has 0 saturated carbocycles. The molecule has 0 saturated heterocycles. The van der Waals surface area contributed by atoms with E-state index in [2.05, 4.69) is 4.90 Å². The summed E-state index contributed by atoms with van der Waals surface area (Å²) in [6.45, 7) is 4.17. The van der Waals surface area contributed by atoms with Gasteiger partial charge in [-0.15, -0.1) is 0 Å². The number of likely N-dealkylation sites (N-methyl/N-ethyl adjacent to an activating group) is 1. The molecule has 4 heteroatoms. The van der Waals surface area contributed by atoms with E-state index in [0.29, 0.717) is 6.54 Å². The van der Waals surface area contributed by atoms with Crippen molar-refractivity contribution in [3.8, 4) is 0 Å². The first kappa shape index (κ1) is 9.92. The SMILES string of the molecule is CCN(C)CCN1C(=O)C=CC1=O. The lowest BCUT2D eigenvalue weighted by Crippen LogP contribution is -2.37. The molecule has 0 aromatic heterocycles. The van der Waals surface area contributed by atoms with E-state index in [1.54, 1.807) is 0 Å². The fraction of sp³-hybridized carbons (Fsp3) is 0.556. The van der Waals surface area contributed by atoms with Gasteiger partial charge in [0, 0.05) is 25.2 Å². The number of carbonyl (C=O) groups is 2. The topological polar surface area (TPSA) is 40.6 Å². The van der Waals surface area contributed by atoms with Gasteiger partial charge in [0.2, 0.25) is 0 Å². The first-order chi connectivity index (χ1) is 6.15. The third-order valence-corrected chi connectivity index (χ3v) is 2.15. The molecule has 0 aromatic carbocycles. The van der Waals surface area contributed by atoms with Crippen molar-refractivity contribution >= 4 is 11.8 Å². The fourth-order valence-electron chi connectivity index (χ4n) is 1.08. The maximum Gasteiger partial charge on any atom is 0.253 e. The van der Waals surface area contributed by atoms with Gasteiger partial charge >= 0.3 is 0 Å². The van der Waals surface area contributed by atoms with Crippen LogP contribution in [0.4, 0.5) is 0 Å². The molecule has 0 atom stereocenters. The summed E-state index contributed by atoms with van der Waals surface area (Å²) in [5, 5.41) is 0. The number of rotatable bonds is 4. The third-order valence-electron chi connectivity index (χ3n) is 2.15. The van der Waals surface area contributed by atoms with Crippen molar-refractivity contribution in [2.75, 3.05) is 26.7 Å². The summed E-state index contributed by atoms with van der Waals surface area (Å²) in [5.74, 6) is -0.399. The molecule has 0 unspecified atom stereocenters. The molecule has 0 aliphatic carbocycles. The molecular formula is C9H14N2O2. The second-order valence-electron chi connectivity index (χ2n) is 3.06. The Balaban J connectivity index is 2.38. The Bertz CT molecular complexity index is 230. The van der Waals surface area contributed by atoms with Gasteiger partial charge in [-0.3, -0.25) is 14.5 Å². The molecule has 1 aliphatic rings. The van der Waals surface area contributed by atoms with Crippen molar-refractivity contribution in [2.24, 2.45) is 0 Å². The molecule has 1 heterocycles. The molecule has 0 radical (unpaired) electrons. The second-order valence-corrected chi connectivity index (χ2v) is 3.06. The first-order valence-corrected chi connectivity index (χ1v) is 4.37. The van der Waals surface area contributed by atoms with Crippen LogP contribution in [-0.2, 0) is 9.59 Å². The van der Waals surface area contributed by atoms with Crippen LogP contribution in [-0.4, -0.2) is 48.3 Å². The van der Waals surface area contributed by atoms with E-state index in [1.807, 2.05) is 14.0 Å². The van der Waals surface area contributed by atoms with Gasteiger partial charge in [-0.2, -0.15) is 0 Å². The van der Waals surface area contributed by atoms with Crippen molar-refractivity contribution < 1.29 is 9.59 Å². The van der Waals surface area contributed by atoms with Crippen LogP contribution in [0.1, 0.15) is 6.92 Å². The summed E-state index contributed by atoms with van der Waals surface area (Å²) >= 11 is 0. The summed E-state index contributed by atoms with van der Waals surface area (Å²) < 4.78 is 0. The number of hydrogen-bond donors (Lipinski definition) is 0. The van der Waals surface area contributed by atoms with E-state index in [0.717, 1.165) is 13.1 Å². The Morgan fingerprint density at radius 1 is 1.31 bits per heavy atom. The average Bonchev–Trinajstić information content (AvgIpc) is 2.43. The van der Waals surface area contributed by atoms with Gasteiger partial charge in [0.15, 0.2) is 0 Å². The summed E-state index contributed by atoms with van der Waals surface area (Å²) in [4.78, 5) is 25.5. The maximum absolute atomic E-state index is 11.1. The van der Waals surface area contributed by atoms with Crippen molar-refractivity contribution in [1.29, 1.82) is 0 Å². The standard InChI is InChI=1S/C9H14N2O2/c1-3-10(2)6-7-11-8(12)4-5-9(11)13/h4-5H,3,6-7H2,1-2H3. The molecule has 0 N–H and O–H groups in total. The van der Waals surface area contributed by atoms with Gasteiger partial charge < -0.3 is 4.90 Å². The summed E-state index contributed by atoms with van der Waals surface area (Å²) in [6, 6.07) is 0. The van der Waals surface area contributed by atoms with E-state index in [-0.39, 0.29) is 11.8 Å². The second kappa shape index (κ2) is 4.18. The lowest BCUT2D eigenvalue weighted by molar-refractivity contribution is -0.136. The van der Waals surface area contributed by atoms with Crippen LogP contribution in [0.5, 0.6) is 0 Å². The first-order valence-electron chi connectivity index (χ1n) is 4.37. The van der Waals surface area contributed by atoms with Crippen LogP contribution >= 0.6 is 0 Å². The highest BCUT2D eigenvalue weighted by Gasteiger charge is 2.22. The normalized spacial score (nSPS) is 16.4. The van der Waals surface area contributed by atoms with Crippen molar-refractivity contribution in [3.63, 3.8) is 0 Å². The zero-order valence-corrected chi connectivity index (χ0v) is 7.99. The largest absolute Gasteiger partial charge is 0.305 e. The van der Waals surface area contributed by atoms with Crippen LogP contribution < -0.4 is 0 Å². The Morgan fingerprint density at radius 3 is 2.31 bits per heavy atom. The van der Waals surface area contributed by atoms with Gasteiger partial charge in [-0.05, 0) is 13.6 Å². The highest BCUT2D eigenvalue weighted by atomic mass is 16.2. The number of carbonyl (C=O) groups excluding carboxylic acids is 2. The van der Waals surface area contributed by atoms with Gasteiger partial charge in [0.05, 0.1) is 0 Å². The Kier molecular flexibility index (Phi) is 3.19. The number of hydrogen-bond acceptors (Lipinski definition) is 3. The minimum Gasteiger partial charge on any atom is -0.305 e. The predicted molar refractivity (Wildman–Crippen MR) is 49.0 cm³/mol. The summed E-state index contributed by atoms with van der Waals surface area (Å²) in [5.41, 5.74) is 0. The summed E-state index contributed by atoms with van der Waals surface area (Å²) in [6.07, 6.45) is 2.63. The van der Waals surface area contributed by atoms with E-state index in [9.17, 15) is 9.59 Å². The van der Waals surface area contributed by atoms with Gasteiger partial charge in [0.1, 0.15) is 0 Å². The minimum atomic E-state index is -0.200. The minimum absolute atomic E-state index is 0.200. The zero-order valence-electron chi connectivity index (χ0n) is 7.99. The van der Waals surface area contributed by atoms with Gasteiger partial charge in [-0.25, -0.2) is 0 Å². The van der Waals surface area contributed by atoms with Crippen LogP contribution in [0, 0.1) is 0 Å². The molecule has 0 aromatic rings. The molecular weight excluding hydrogens is 168 g/mol. The maximum atomic E-state index is 11.1. The van der Waals surface area contributed by atoms with Crippen LogP contribution in [0.15, 0.2) is 12.2 Å². The van der Waals surface area contributed by atoms with Crippen molar-refractivity contribution in [2.45, 2.75) is 6.92 Å². The van der Waals surface area contributed by atoms with Gasteiger partial charge in [-0.1, -0.05) is 6.92 Å². The molecule has 1 aliphatic heterocycles. The molecule has 4 nitrogen and oxygen atoms in total. The molecule has 2 amide bonds. The molecule has 0 bridgehead atoms. The zero-order chi connectivity index (χ0) is 9.84. The van der Waals surface area contributed by atoms with Crippen LogP contribution in [0.25, 0.3) is 0 Å². The van der Waals surface area contributed by atoms with E-state index < -0.39 is 0 Å². The Labute approximate surface area is 77.8 Å². The van der Waals surface area contributed by atoms with Gasteiger partial charge in [0.25, 0.3) is 11.8 Å². The Morgan fingerprint density at radius 2 is 1.85 bits per heavy atom. The highest BCUT2D eigenvalue weighted by Crippen LogP contribution is 2.02. The molecule has 13 heavy (non-hydrogen) atoms. The Hall–Kier alpha value is -1.16. The monoisotopic (exact) mass is 182 g/mol. The molecule has 0 fully saturated rings. The summed E-state index contributed by atoms with van der Waals surface area (Å²) in [7, 11) is 1.96. The smallest absolute Gasteiger partial charge is 0.253 e. The predicted octanol–water partition coefficient (Wildman–Crippen LogP) is -0.137. The van der Waals surface area contributed by atoms with E-state index >= 15 is 0 Å². The quantitative estimate of drug-likeness (QED) is 0.568. The lowest BCUT2D eigenvalue weighted by atomic mass is 10.4. The van der Waals surface area contributed by atoms with Crippen molar-refractivity contribution in [3.05, 3.63) is 12.2 Å². The highest BCUT2D eigenvalue weighted by molar-refractivity contribution is 6.12. The van der Waals surface area contributed by atoms with Crippen LogP contribution in [0.3, 0.4) is 0 Å². The van der Waals surface area contributed by atoms with E-state index in [4.69, 9.17) is 0 Å². The van der Waals surface area contributed by atoms with Crippen molar-refractivity contribution in [1.82, 2.24) is 9.80 Å². The molecule has 0 spiro atoms. The average molecular weight is 182 g/mol. The van der Waals surface area contributed by atoms with Crippen LogP contribution in [0.2, 0.25) is 0 Å². The molecule has 1 rings (SSSR count). The van der Waals surface area contributed by atoms with E-state index in [1.165, 1.54) is 17.1 Å². The number of amides is 2. The lowest BCUT2D eigenvalue weighted by Gasteiger charge is -2.18. The number of nitrogens with zero attached hydrogens (tertiary/aromatic N) is 2. The fourth-order valence-corrected chi connectivity index (χ4v) is 1.08.